The van der Waals surface area contributed by atoms with Crippen LogP contribution in [0.5, 0.6) is 5.88 Å². The number of pyridine rings is 1. The van der Waals surface area contributed by atoms with Gasteiger partial charge < -0.3 is 15.0 Å². The number of nitrogens with two attached hydrogens (primary N) is 1. The Labute approximate surface area is 129 Å². The van der Waals surface area contributed by atoms with Gasteiger partial charge in [-0.05, 0) is 31.0 Å². The molecule has 3 heterocycles. The normalized spacial score (nSPS) is 13.0. The van der Waals surface area contributed by atoms with Gasteiger partial charge in [-0.25, -0.2) is 4.98 Å². The number of ether oxygens (including phenoxy) is 1. The molecule has 22 heavy (non-hydrogen) atoms. The topological polar surface area (TPSA) is 53.1 Å². The molecular formula is C18H19N3O. The molecule has 0 bridgehead atoms. The van der Waals surface area contributed by atoms with E-state index in [9.17, 15) is 0 Å². The Kier molecular flexibility index (Phi) is 3.12. The third kappa shape index (κ3) is 1.84. The molecule has 2 aromatic heterocycles. The molecule has 4 nitrogen and oxygen atoms in total. The fraction of sp³-hybridized carbons (Fsp3) is 0.278. The molecule has 4 rings (SSSR count). The number of fused-ring (bicyclic) bond motifs is 5. The van der Waals surface area contributed by atoms with Crippen molar-refractivity contribution in [3.05, 3.63) is 47.5 Å². The summed E-state index contributed by atoms with van der Waals surface area (Å²) in [7, 11) is 1.65. The van der Waals surface area contributed by atoms with Crippen LogP contribution in [0.3, 0.4) is 0 Å². The summed E-state index contributed by atoms with van der Waals surface area (Å²) in [5.41, 5.74) is 13.3. The summed E-state index contributed by atoms with van der Waals surface area (Å²) in [5, 5.41) is 0. The second kappa shape index (κ2) is 5.14. The summed E-state index contributed by atoms with van der Waals surface area (Å²) in [6.07, 6.45) is 1.88. The lowest BCUT2D eigenvalue weighted by atomic mass is 9.95. The Hall–Kier alpha value is -2.33. The van der Waals surface area contributed by atoms with Crippen LogP contribution >= 0.6 is 0 Å². The van der Waals surface area contributed by atoms with Crippen LogP contribution in [0.15, 0.2) is 36.4 Å². The van der Waals surface area contributed by atoms with Crippen molar-refractivity contribution < 1.29 is 4.74 Å². The first-order valence-electron chi connectivity index (χ1n) is 7.68. The summed E-state index contributed by atoms with van der Waals surface area (Å²) >= 11 is 0. The Morgan fingerprint density at radius 3 is 2.91 bits per heavy atom. The highest BCUT2D eigenvalue weighted by Gasteiger charge is 2.24. The van der Waals surface area contributed by atoms with Gasteiger partial charge in [-0.2, -0.15) is 0 Å². The molecule has 112 valence electrons. The first kappa shape index (κ1) is 13.3. The summed E-state index contributed by atoms with van der Waals surface area (Å²) < 4.78 is 7.69. The number of benzene rings is 1. The molecule has 0 atom stereocenters. The van der Waals surface area contributed by atoms with E-state index in [0.29, 0.717) is 12.4 Å². The molecule has 0 saturated carbocycles. The number of aryl methyl sites for hydroxylation is 2. The van der Waals surface area contributed by atoms with E-state index in [2.05, 4.69) is 34.9 Å². The van der Waals surface area contributed by atoms with Crippen molar-refractivity contribution in [2.24, 2.45) is 5.73 Å². The maximum Gasteiger partial charge on any atom is 0.213 e. The van der Waals surface area contributed by atoms with Gasteiger partial charge in [-0.3, -0.25) is 0 Å². The average Bonchev–Trinajstić information content (AvgIpc) is 2.89. The van der Waals surface area contributed by atoms with E-state index in [-0.39, 0.29) is 0 Å². The number of methoxy groups -OCH3 is 1. The molecule has 0 unspecified atom stereocenters. The molecule has 1 aliphatic heterocycles. The zero-order valence-corrected chi connectivity index (χ0v) is 12.7. The maximum absolute atomic E-state index is 5.87. The largest absolute Gasteiger partial charge is 0.481 e. The zero-order chi connectivity index (χ0) is 15.1. The molecule has 1 aliphatic rings. The van der Waals surface area contributed by atoms with Crippen LogP contribution in [0.4, 0.5) is 0 Å². The van der Waals surface area contributed by atoms with Crippen LogP contribution in [-0.4, -0.2) is 23.2 Å². The molecule has 2 N–H and O–H groups in total. The van der Waals surface area contributed by atoms with E-state index in [1.165, 1.54) is 27.9 Å². The van der Waals surface area contributed by atoms with Crippen molar-refractivity contribution in [1.82, 2.24) is 9.55 Å². The summed E-state index contributed by atoms with van der Waals surface area (Å²) in [4.78, 5) is 4.69. The Morgan fingerprint density at radius 1 is 1.23 bits per heavy atom. The van der Waals surface area contributed by atoms with Gasteiger partial charge in [0.25, 0.3) is 0 Å². The standard InChI is InChI=1S/C18H19N3O/c1-22-16-7-6-15-17(20-16)14(8-10-19)18-13-5-3-2-4-12(13)9-11-21(15)18/h2-7H,8-11,19H2,1H3. The number of aromatic nitrogens is 2. The quantitative estimate of drug-likeness (QED) is 0.808. The van der Waals surface area contributed by atoms with Crippen molar-refractivity contribution in [2.75, 3.05) is 13.7 Å². The van der Waals surface area contributed by atoms with Crippen molar-refractivity contribution in [3.8, 4) is 17.1 Å². The fourth-order valence-electron chi connectivity index (χ4n) is 3.51. The average molecular weight is 293 g/mol. The smallest absolute Gasteiger partial charge is 0.213 e. The predicted molar refractivity (Wildman–Crippen MR) is 88.2 cm³/mol. The van der Waals surface area contributed by atoms with E-state index >= 15 is 0 Å². The number of rotatable bonds is 3. The first-order chi connectivity index (χ1) is 10.8. The monoisotopic (exact) mass is 293 g/mol. The van der Waals surface area contributed by atoms with Crippen LogP contribution in [0, 0.1) is 0 Å². The lowest BCUT2D eigenvalue weighted by Gasteiger charge is -2.21. The Morgan fingerprint density at radius 2 is 2.09 bits per heavy atom. The minimum absolute atomic E-state index is 0.618. The minimum Gasteiger partial charge on any atom is -0.481 e. The van der Waals surface area contributed by atoms with E-state index in [1.807, 2.05) is 6.07 Å². The molecule has 0 radical (unpaired) electrons. The van der Waals surface area contributed by atoms with E-state index in [4.69, 9.17) is 15.5 Å². The number of hydrogen-bond donors (Lipinski definition) is 1. The van der Waals surface area contributed by atoms with Gasteiger partial charge in [0.1, 0.15) is 0 Å². The van der Waals surface area contributed by atoms with Crippen molar-refractivity contribution >= 4 is 11.0 Å². The summed E-state index contributed by atoms with van der Waals surface area (Å²) in [6.45, 7) is 1.61. The maximum atomic E-state index is 5.87. The van der Waals surface area contributed by atoms with Gasteiger partial charge in [-0.1, -0.05) is 24.3 Å². The van der Waals surface area contributed by atoms with Crippen LogP contribution in [-0.2, 0) is 19.4 Å². The van der Waals surface area contributed by atoms with E-state index < -0.39 is 0 Å². The summed E-state index contributed by atoms with van der Waals surface area (Å²) in [5.74, 6) is 0.655. The van der Waals surface area contributed by atoms with Gasteiger partial charge in [0.05, 0.1) is 23.8 Å². The van der Waals surface area contributed by atoms with Gasteiger partial charge >= 0.3 is 0 Å². The second-order valence-corrected chi connectivity index (χ2v) is 5.65. The molecule has 1 aromatic carbocycles. The molecule has 4 heteroatoms. The van der Waals surface area contributed by atoms with Crippen LogP contribution < -0.4 is 10.5 Å². The number of hydrogen-bond acceptors (Lipinski definition) is 3. The third-order valence-corrected chi connectivity index (χ3v) is 4.46. The first-order valence-corrected chi connectivity index (χ1v) is 7.68. The lowest BCUT2D eigenvalue weighted by Crippen LogP contribution is -2.12. The molecule has 3 aromatic rings. The van der Waals surface area contributed by atoms with Crippen molar-refractivity contribution in [1.29, 1.82) is 0 Å². The molecule has 0 spiro atoms. The molecule has 0 saturated heterocycles. The predicted octanol–water partition coefficient (Wildman–Crippen LogP) is 2.77. The Bertz CT molecular complexity index is 851. The second-order valence-electron chi connectivity index (χ2n) is 5.65. The van der Waals surface area contributed by atoms with E-state index in [1.54, 1.807) is 7.11 Å². The van der Waals surface area contributed by atoms with Crippen LogP contribution in [0.25, 0.3) is 22.3 Å². The summed E-state index contributed by atoms with van der Waals surface area (Å²) in [6, 6.07) is 12.7. The Balaban J connectivity index is 2.07. The van der Waals surface area contributed by atoms with Gasteiger partial charge in [-0.15, -0.1) is 0 Å². The van der Waals surface area contributed by atoms with Crippen LogP contribution in [0.2, 0.25) is 0 Å². The van der Waals surface area contributed by atoms with Crippen molar-refractivity contribution in [3.63, 3.8) is 0 Å². The van der Waals surface area contributed by atoms with Crippen LogP contribution in [0.1, 0.15) is 11.1 Å². The highest BCUT2D eigenvalue weighted by Crippen LogP contribution is 2.38. The molecule has 0 fully saturated rings. The number of nitrogens with zero attached hydrogens (tertiary/aromatic N) is 2. The van der Waals surface area contributed by atoms with Gasteiger partial charge in [0.2, 0.25) is 5.88 Å². The molecule has 0 amide bonds. The fourth-order valence-corrected chi connectivity index (χ4v) is 3.51. The lowest BCUT2D eigenvalue weighted by molar-refractivity contribution is 0.399. The highest BCUT2D eigenvalue weighted by atomic mass is 16.5. The van der Waals surface area contributed by atoms with Gasteiger partial charge in [0.15, 0.2) is 0 Å². The molecular weight excluding hydrogens is 274 g/mol. The van der Waals surface area contributed by atoms with Gasteiger partial charge in [0, 0.05) is 23.7 Å². The molecule has 0 aliphatic carbocycles. The third-order valence-electron chi connectivity index (χ3n) is 4.46. The van der Waals surface area contributed by atoms with Crippen molar-refractivity contribution in [2.45, 2.75) is 19.4 Å². The minimum atomic E-state index is 0.618. The highest BCUT2D eigenvalue weighted by molar-refractivity contribution is 5.90. The SMILES string of the molecule is COc1ccc2c(n1)c(CCN)c1n2CCc2ccccc2-1. The van der Waals surface area contributed by atoms with E-state index in [0.717, 1.165) is 24.9 Å². The zero-order valence-electron chi connectivity index (χ0n) is 12.7.